The molecule has 6 nitrogen and oxygen atoms in total. The lowest BCUT2D eigenvalue weighted by molar-refractivity contribution is -0.153. The number of nitrogens with one attached hydrogen (secondary N) is 1. The second-order valence-corrected chi connectivity index (χ2v) is 9.24. The summed E-state index contributed by atoms with van der Waals surface area (Å²) in [6, 6.07) is 7.90. The summed E-state index contributed by atoms with van der Waals surface area (Å²) >= 11 is 1.63. The third-order valence-corrected chi connectivity index (χ3v) is 6.90. The number of benzene rings is 1. The monoisotopic (exact) mass is 471 g/mol. The van der Waals surface area contributed by atoms with Crippen molar-refractivity contribution in [1.82, 2.24) is 5.32 Å². The van der Waals surface area contributed by atoms with Gasteiger partial charge in [-0.2, -0.15) is 0 Å². The molecule has 0 bridgehead atoms. The van der Waals surface area contributed by atoms with E-state index >= 15 is 0 Å². The van der Waals surface area contributed by atoms with Crippen LogP contribution in [0, 0.1) is 11.8 Å². The Balaban J connectivity index is 2.19. The van der Waals surface area contributed by atoms with Crippen molar-refractivity contribution in [2.24, 2.45) is 11.8 Å². The first-order valence-corrected chi connectivity index (χ1v) is 12.8. The zero-order valence-corrected chi connectivity index (χ0v) is 20.8. The number of allylic oxidation sites excluding steroid dienone is 3. The van der Waals surface area contributed by atoms with Crippen molar-refractivity contribution in [3.05, 3.63) is 52.4 Å². The molecule has 0 saturated carbocycles. The largest absolute Gasteiger partial charge is 0.465 e. The molecule has 1 aliphatic carbocycles. The molecule has 0 spiro atoms. The number of ether oxygens (including phenoxy) is 2. The fourth-order valence-electron chi connectivity index (χ4n) is 4.73. The molecule has 178 valence electrons. The molecule has 0 saturated heterocycles. The van der Waals surface area contributed by atoms with Crippen LogP contribution in [0.25, 0.3) is 0 Å². The molecule has 0 amide bonds. The standard InChI is InChI=1S/C26H33NO5S/c1-6-9-18-23(26(30)32-8-3)21(16-10-12-17(33-5)13-11-16)22-19(27-18)14-15(4)20(24(22)28)25(29)31-7-2/h10-13,15,20-21,27H,6-9,14H2,1-5H3. The highest BCUT2D eigenvalue weighted by Gasteiger charge is 2.47. The molecule has 33 heavy (non-hydrogen) atoms. The first-order chi connectivity index (χ1) is 15.9. The van der Waals surface area contributed by atoms with Gasteiger partial charge >= 0.3 is 11.9 Å². The van der Waals surface area contributed by atoms with Crippen LogP contribution < -0.4 is 5.32 Å². The van der Waals surface area contributed by atoms with Crippen molar-refractivity contribution >= 4 is 29.5 Å². The number of Topliss-reactive ketones (excluding diaryl/α,β-unsaturated/α-hetero) is 1. The Morgan fingerprint density at radius 1 is 1.09 bits per heavy atom. The van der Waals surface area contributed by atoms with Crippen LogP contribution in [0.2, 0.25) is 0 Å². The summed E-state index contributed by atoms with van der Waals surface area (Å²) in [6.07, 6.45) is 4.03. The van der Waals surface area contributed by atoms with E-state index in [1.807, 2.05) is 37.4 Å². The average Bonchev–Trinajstić information content (AvgIpc) is 2.78. The molecular formula is C26H33NO5S. The molecule has 0 aromatic heterocycles. The molecule has 1 heterocycles. The van der Waals surface area contributed by atoms with Gasteiger partial charge in [0.2, 0.25) is 0 Å². The maximum atomic E-state index is 13.8. The van der Waals surface area contributed by atoms with Gasteiger partial charge in [-0.1, -0.05) is 32.4 Å². The van der Waals surface area contributed by atoms with Crippen LogP contribution in [-0.4, -0.2) is 37.2 Å². The van der Waals surface area contributed by atoms with E-state index < -0.39 is 23.8 Å². The van der Waals surface area contributed by atoms with Gasteiger partial charge in [-0.3, -0.25) is 9.59 Å². The smallest absolute Gasteiger partial charge is 0.336 e. The number of carbonyl (C=O) groups is 3. The lowest BCUT2D eigenvalue weighted by Crippen LogP contribution is -2.43. The van der Waals surface area contributed by atoms with Gasteiger partial charge in [0.1, 0.15) is 5.92 Å². The van der Waals surface area contributed by atoms with E-state index in [2.05, 4.69) is 12.2 Å². The lowest BCUT2D eigenvalue weighted by atomic mass is 9.69. The van der Waals surface area contributed by atoms with Gasteiger partial charge in [-0.05, 0) is 56.6 Å². The zero-order chi connectivity index (χ0) is 24.1. The fourth-order valence-corrected chi connectivity index (χ4v) is 5.13. The second-order valence-electron chi connectivity index (χ2n) is 8.36. The lowest BCUT2D eigenvalue weighted by Gasteiger charge is -2.39. The van der Waals surface area contributed by atoms with Crippen LogP contribution in [0.4, 0.5) is 0 Å². The van der Waals surface area contributed by atoms with Gasteiger partial charge in [0, 0.05) is 27.8 Å². The maximum absolute atomic E-state index is 13.8. The highest BCUT2D eigenvalue weighted by atomic mass is 32.2. The van der Waals surface area contributed by atoms with Crippen LogP contribution in [-0.2, 0) is 23.9 Å². The van der Waals surface area contributed by atoms with E-state index in [0.29, 0.717) is 24.0 Å². The second kappa shape index (κ2) is 11.1. The van der Waals surface area contributed by atoms with Crippen molar-refractivity contribution in [3.8, 4) is 0 Å². The van der Waals surface area contributed by atoms with E-state index in [9.17, 15) is 14.4 Å². The Hall–Kier alpha value is -2.54. The number of esters is 2. The summed E-state index contributed by atoms with van der Waals surface area (Å²) in [7, 11) is 0. The Morgan fingerprint density at radius 2 is 1.76 bits per heavy atom. The number of dihydropyridines is 1. The van der Waals surface area contributed by atoms with Crippen LogP contribution in [0.1, 0.15) is 58.4 Å². The summed E-state index contributed by atoms with van der Waals surface area (Å²) in [5.41, 5.74) is 3.36. The highest BCUT2D eigenvalue weighted by Crippen LogP contribution is 2.46. The van der Waals surface area contributed by atoms with Crippen molar-refractivity contribution < 1.29 is 23.9 Å². The summed E-state index contributed by atoms with van der Waals surface area (Å²) < 4.78 is 10.7. The minimum Gasteiger partial charge on any atom is -0.465 e. The van der Waals surface area contributed by atoms with E-state index in [-0.39, 0.29) is 24.9 Å². The first kappa shape index (κ1) is 25.1. The summed E-state index contributed by atoms with van der Waals surface area (Å²) in [6.45, 7) is 7.91. The van der Waals surface area contributed by atoms with Gasteiger partial charge in [0.05, 0.1) is 18.8 Å². The molecule has 0 radical (unpaired) electrons. The molecule has 1 aliphatic heterocycles. The molecule has 3 atom stereocenters. The maximum Gasteiger partial charge on any atom is 0.336 e. The Kier molecular flexibility index (Phi) is 8.40. The van der Waals surface area contributed by atoms with Crippen LogP contribution in [0.15, 0.2) is 51.7 Å². The van der Waals surface area contributed by atoms with Gasteiger partial charge < -0.3 is 14.8 Å². The van der Waals surface area contributed by atoms with Crippen molar-refractivity contribution in [2.75, 3.05) is 19.5 Å². The average molecular weight is 472 g/mol. The predicted octanol–water partition coefficient (Wildman–Crippen LogP) is 4.75. The molecule has 1 N–H and O–H groups in total. The summed E-state index contributed by atoms with van der Waals surface area (Å²) in [5, 5.41) is 3.40. The third kappa shape index (κ3) is 5.03. The topological polar surface area (TPSA) is 81.7 Å². The predicted molar refractivity (Wildman–Crippen MR) is 129 cm³/mol. The van der Waals surface area contributed by atoms with E-state index in [1.165, 1.54) is 0 Å². The van der Waals surface area contributed by atoms with Gasteiger partial charge in [-0.15, -0.1) is 11.8 Å². The number of carbonyl (C=O) groups excluding carboxylic acids is 3. The Labute approximate surface area is 200 Å². The molecular weight excluding hydrogens is 438 g/mol. The molecule has 3 unspecified atom stereocenters. The molecule has 1 aromatic rings. The molecule has 2 aliphatic rings. The summed E-state index contributed by atoms with van der Waals surface area (Å²) in [4.78, 5) is 40.8. The minimum absolute atomic E-state index is 0.200. The number of hydrogen-bond donors (Lipinski definition) is 1. The summed E-state index contributed by atoms with van der Waals surface area (Å²) in [5.74, 6) is -2.87. The molecule has 1 aromatic carbocycles. The quantitative estimate of drug-likeness (QED) is 0.333. The van der Waals surface area contributed by atoms with Crippen LogP contribution in [0.5, 0.6) is 0 Å². The zero-order valence-electron chi connectivity index (χ0n) is 20.0. The van der Waals surface area contributed by atoms with Gasteiger partial charge in [0.15, 0.2) is 5.78 Å². The van der Waals surface area contributed by atoms with Crippen molar-refractivity contribution in [3.63, 3.8) is 0 Å². The van der Waals surface area contributed by atoms with E-state index in [4.69, 9.17) is 9.47 Å². The molecule has 7 heteroatoms. The third-order valence-electron chi connectivity index (χ3n) is 6.16. The molecule has 0 fully saturated rings. The van der Waals surface area contributed by atoms with Crippen LogP contribution in [0.3, 0.4) is 0 Å². The minimum atomic E-state index is -0.880. The molecule has 3 rings (SSSR count). The Bertz CT molecular complexity index is 979. The van der Waals surface area contributed by atoms with Crippen molar-refractivity contribution in [2.45, 2.75) is 57.8 Å². The van der Waals surface area contributed by atoms with Crippen molar-refractivity contribution in [1.29, 1.82) is 0 Å². The fraction of sp³-hybridized carbons (Fsp3) is 0.500. The van der Waals surface area contributed by atoms with Gasteiger partial charge in [-0.25, -0.2) is 4.79 Å². The van der Waals surface area contributed by atoms with E-state index in [1.54, 1.807) is 25.6 Å². The Morgan fingerprint density at radius 3 is 2.33 bits per heavy atom. The number of rotatable bonds is 8. The SMILES string of the molecule is CCCC1=C(C(=O)OCC)C(c2ccc(SC)cc2)C2=C(CC(C)C(C(=O)OCC)C2=O)N1. The van der Waals surface area contributed by atoms with Crippen LogP contribution >= 0.6 is 11.8 Å². The number of hydrogen-bond acceptors (Lipinski definition) is 7. The normalized spacial score (nSPS) is 22.6. The van der Waals surface area contributed by atoms with Gasteiger partial charge in [0.25, 0.3) is 0 Å². The number of ketones is 1. The van der Waals surface area contributed by atoms with E-state index in [0.717, 1.165) is 28.3 Å². The highest BCUT2D eigenvalue weighted by molar-refractivity contribution is 7.98. The number of thioether (sulfide) groups is 1. The first-order valence-electron chi connectivity index (χ1n) is 11.6.